The lowest BCUT2D eigenvalue weighted by molar-refractivity contribution is -0.161. The average molecular weight is 1420 g/mol. The van der Waals surface area contributed by atoms with Crippen LogP contribution in [0.25, 0.3) is 0 Å². The molecule has 98 heavy (non-hydrogen) atoms. The third-order valence-electron chi connectivity index (χ3n) is 15.1. The number of unbranched alkanes of at least 4 members (excludes halogenated alkanes) is 22. The van der Waals surface area contributed by atoms with Crippen molar-refractivity contribution in [3.63, 3.8) is 0 Å². The fraction of sp³-hybridized carbons (Fsp3) is 0.671. The van der Waals surface area contributed by atoms with Gasteiger partial charge in [-0.15, -0.1) is 0 Å². The van der Waals surface area contributed by atoms with Gasteiger partial charge in [0, 0.05) is 19.3 Å². The second kappa shape index (κ2) is 70.6. The van der Waals surface area contributed by atoms with E-state index < -0.39 is 97.5 Å². The summed E-state index contributed by atoms with van der Waals surface area (Å²) in [6.45, 7) is 4.43. The van der Waals surface area contributed by atoms with Crippen LogP contribution in [0.2, 0.25) is 0 Å². The number of phosphoric acid groups is 2. The molecule has 0 radical (unpaired) electrons. The van der Waals surface area contributed by atoms with E-state index in [-0.39, 0.29) is 25.7 Å². The summed E-state index contributed by atoms with van der Waals surface area (Å²) in [7, 11) is -10.00. The first-order chi connectivity index (χ1) is 47.7. The second-order valence-corrected chi connectivity index (χ2v) is 27.4. The molecule has 0 bridgehead atoms. The molecule has 3 N–H and O–H groups in total. The molecule has 0 saturated heterocycles. The van der Waals surface area contributed by atoms with E-state index in [0.29, 0.717) is 32.1 Å². The third kappa shape index (κ3) is 69.7. The number of allylic oxidation sites excluding steroid dienone is 21. The molecule has 17 nitrogen and oxygen atoms in total. The van der Waals surface area contributed by atoms with E-state index in [1.807, 2.05) is 24.3 Å². The van der Waals surface area contributed by atoms with Gasteiger partial charge in [-0.1, -0.05) is 277 Å². The molecular weight excluding hydrogens is 1280 g/mol. The molecule has 0 heterocycles. The van der Waals surface area contributed by atoms with Gasteiger partial charge in [0.15, 0.2) is 12.2 Å². The van der Waals surface area contributed by atoms with Crippen LogP contribution < -0.4 is 0 Å². The molecule has 560 valence electrons. The summed E-state index contributed by atoms with van der Waals surface area (Å²) in [4.78, 5) is 72.7. The zero-order valence-corrected chi connectivity index (χ0v) is 62.7. The Morgan fingerprint density at radius 3 is 0.969 bits per heavy atom. The second-order valence-electron chi connectivity index (χ2n) is 24.5. The predicted octanol–water partition coefficient (Wildman–Crippen LogP) is 21.3. The monoisotopic (exact) mass is 1410 g/mol. The van der Waals surface area contributed by atoms with Gasteiger partial charge >= 0.3 is 39.5 Å². The molecule has 0 spiro atoms. The number of aliphatic hydroxyl groups is 1. The van der Waals surface area contributed by atoms with Gasteiger partial charge < -0.3 is 33.8 Å². The van der Waals surface area contributed by atoms with Crippen LogP contribution in [0.4, 0.5) is 0 Å². The Balaban J connectivity index is 5.47. The van der Waals surface area contributed by atoms with Gasteiger partial charge in [-0.05, 0) is 116 Å². The largest absolute Gasteiger partial charge is 0.472 e. The predicted molar refractivity (Wildman–Crippen MR) is 399 cm³/mol. The topological polar surface area (TPSA) is 237 Å². The highest BCUT2D eigenvalue weighted by molar-refractivity contribution is 7.47. The normalized spacial score (nSPS) is 14.7. The van der Waals surface area contributed by atoms with Gasteiger partial charge in [0.25, 0.3) is 0 Å². The number of rotatable bonds is 69. The number of ether oxygens (including phenoxy) is 4. The maximum absolute atomic E-state index is 13.1. The van der Waals surface area contributed by atoms with Crippen LogP contribution in [0.5, 0.6) is 0 Å². The fourth-order valence-corrected chi connectivity index (χ4v) is 11.1. The molecule has 0 aliphatic heterocycles. The molecule has 5 unspecified atom stereocenters. The summed E-state index contributed by atoms with van der Waals surface area (Å²) < 4.78 is 68.2. The van der Waals surface area contributed by atoms with Crippen LogP contribution >= 0.6 is 15.6 Å². The molecule has 0 fully saturated rings. The molecule has 0 aliphatic carbocycles. The van der Waals surface area contributed by atoms with E-state index in [0.717, 1.165) is 122 Å². The van der Waals surface area contributed by atoms with Crippen LogP contribution in [0.3, 0.4) is 0 Å². The SMILES string of the molecule is CC/C=C\C/C=C\C/C=C\C/C=C\C/C=C\CCCC(=O)OCC(COP(=O)(O)OCC(O)COP(=O)(O)OCC(COC(=O)CCCCCCC/C=C\CCCCCC)OC(=O)CCCCCCCCCCCCCCC)OC(=O)C/C=C\C/C=C\C/C=C\C/C=C\C/C=C\CC. The van der Waals surface area contributed by atoms with Gasteiger partial charge in [0.2, 0.25) is 0 Å². The summed E-state index contributed by atoms with van der Waals surface area (Å²) in [5, 5.41) is 10.6. The lowest BCUT2D eigenvalue weighted by atomic mass is 10.0. The van der Waals surface area contributed by atoms with Crippen LogP contribution in [-0.2, 0) is 65.4 Å². The van der Waals surface area contributed by atoms with Crippen molar-refractivity contribution in [1.29, 1.82) is 0 Å². The molecular formula is C79H132O17P2. The molecule has 0 aliphatic rings. The van der Waals surface area contributed by atoms with E-state index >= 15 is 0 Å². The lowest BCUT2D eigenvalue weighted by Gasteiger charge is -2.21. The highest BCUT2D eigenvalue weighted by Gasteiger charge is 2.30. The summed E-state index contributed by atoms with van der Waals surface area (Å²) in [6, 6.07) is 0. The number of phosphoric ester groups is 2. The Hall–Kier alpha value is -4.80. The van der Waals surface area contributed by atoms with E-state index in [4.69, 9.17) is 37.0 Å². The number of hydrogen-bond acceptors (Lipinski definition) is 15. The van der Waals surface area contributed by atoms with E-state index in [1.165, 1.54) is 77.0 Å². The zero-order valence-electron chi connectivity index (χ0n) is 60.9. The standard InChI is InChI=1S/C79H132O17P2/c1-5-9-13-17-21-25-29-33-35-36-38-41-44-48-52-56-60-64-77(82)90-70-75(96-79(84)66-62-58-54-50-46-42-37-34-30-26-22-18-14-10-6-2)72-94-98(87,88)92-68-73(80)67-91-97(85,86)93-71-74(95-78(83)65-61-57-53-49-45-40-32-28-24-20-16-12-8-4)69-89-76(81)63-59-55-51-47-43-39-31-27-23-19-15-11-7-3/h9-10,13-14,21-22,25-27,31,33-35,37-38,41,46,48,50,52,58,62,73-75,80H,5-8,11-12,15-20,23-24,28-30,32,36,39-40,42-45,47,49,51,53-57,59-61,63-72H2,1-4H3,(H,85,86)(H,87,88)/b13-9-,14-10-,25-21-,26-22-,31-27-,35-33-,37-34-,41-38-,50-46-,52-48-,62-58-. The first-order valence-corrected chi connectivity index (χ1v) is 40.4. The van der Waals surface area contributed by atoms with Gasteiger partial charge in [-0.3, -0.25) is 37.3 Å². The smallest absolute Gasteiger partial charge is 0.462 e. The van der Waals surface area contributed by atoms with Gasteiger partial charge in [0.05, 0.1) is 32.8 Å². The minimum absolute atomic E-state index is 0.0601. The molecule has 0 aromatic heterocycles. The molecule has 0 aromatic rings. The van der Waals surface area contributed by atoms with Crippen LogP contribution in [0.15, 0.2) is 134 Å². The van der Waals surface area contributed by atoms with Crippen molar-refractivity contribution in [2.75, 3.05) is 39.6 Å². The molecule has 0 saturated carbocycles. The lowest BCUT2D eigenvalue weighted by Crippen LogP contribution is -2.30. The number of carbonyl (C=O) groups excluding carboxylic acids is 4. The van der Waals surface area contributed by atoms with Crippen molar-refractivity contribution in [1.82, 2.24) is 0 Å². The van der Waals surface area contributed by atoms with Gasteiger partial charge in [-0.2, -0.15) is 0 Å². The fourth-order valence-electron chi connectivity index (χ4n) is 9.50. The Morgan fingerprint density at radius 2 is 0.582 bits per heavy atom. The van der Waals surface area contributed by atoms with E-state index in [9.17, 15) is 43.2 Å². The highest BCUT2D eigenvalue weighted by Crippen LogP contribution is 2.45. The van der Waals surface area contributed by atoms with Crippen molar-refractivity contribution in [2.24, 2.45) is 0 Å². The maximum atomic E-state index is 13.1. The first kappa shape index (κ1) is 93.2. The zero-order chi connectivity index (χ0) is 71.8. The van der Waals surface area contributed by atoms with E-state index in [1.54, 1.807) is 12.2 Å². The molecule has 0 amide bonds. The number of carbonyl (C=O) groups is 4. The molecule has 5 atom stereocenters. The highest BCUT2D eigenvalue weighted by atomic mass is 31.2. The molecule has 0 rings (SSSR count). The molecule has 19 heteroatoms. The van der Waals surface area contributed by atoms with Crippen molar-refractivity contribution in [3.8, 4) is 0 Å². The van der Waals surface area contributed by atoms with Crippen molar-refractivity contribution >= 4 is 39.5 Å². The number of hydrogen-bond donors (Lipinski definition) is 3. The Labute approximate surface area is 593 Å². The summed E-state index contributed by atoms with van der Waals surface area (Å²) in [5.74, 6) is -2.40. The quantitative estimate of drug-likeness (QED) is 0.0169. The molecule has 0 aromatic carbocycles. The third-order valence-corrected chi connectivity index (χ3v) is 17.0. The van der Waals surface area contributed by atoms with Crippen LogP contribution in [0.1, 0.15) is 285 Å². The Kier molecular flexibility index (Phi) is 67.2. The van der Waals surface area contributed by atoms with Gasteiger partial charge in [-0.25, -0.2) is 9.13 Å². The number of aliphatic hydroxyl groups excluding tert-OH is 1. The average Bonchev–Trinajstić information content (AvgIpc) is 1.05. The summed E-state index contributed by atoms with van der Waals surface area (Å²) in [5.41, 5.74) is 0. The minimum Gasteiger partial charge on any atom is -0.462 e. The van der Waals surface area contributed by atoms with Crippen LogP contribution in [0, 0.1) is 0 Å². The van der Waals surface area contributed by atoms with E-state index in [2.05, 4.69) is 125 Å². The van der Waals surface area contributed by atoms with Crippen molar-refractivity contribution < 1.29 is 80.2 Å². The number of esters is 4. The Morgan fingerprint density at radius 1 is 0.306 bits per heavy atom. The Bertz CT molecular complexity index is 2380. The van der Waals surface area contributed by atoms with Gasteiger partial charge in [0.1, 0.15) is 19.3 Å². The maximum Gasteiger partial charge on any atom is 0.472 e. The summed E-state index contributed by atoms with van der Waals surface area (Å²) in [6.07, 6.45) is 77.8. The van der Waals surface area contributed by atoms with Crippen LogP contribution in [-0.4, -0.2) is 96.7 Å². The minimum atomic E-state index is -5.01. The van der Waals surface area contributed by atoms with Crippen molar-refractivity contribution in [3.05, 3.63) is 134 Å². The van der Waals surface area contributed by atoms with Crippen molar-refractivity contribution in [2.45, 2.75) is 303 Å². The summed E-state index contributed by atoms with van der Waals surface area (Å²) >= 11 is 0. The first-order valence-electron chi connectivity index (χ1n) is 37.4.